The molecule has 2 rings (SSSR count). The molecule has 3 atom stereocenters. The molecule has 2 N–H and O–H groups in total. The van der Waals surface area contributed by atoms with Crippen molar-refractivity contribution in [2.45, 2.75) is 38.6 Å². The van der Waals surface area contributed by atoms with Crippen LogP contribution in [0.15, 0.2) is 0 Å². The van der Waals surface area contributed by atoms with Crippen LogP contribution in [-0.4, -0.2) is 38.9 Å². The summed E-state index contributed by atoms with van der Waals surface area (Å²) < 4.78 is 5.38. The fourth-order valence-electron chi connectivity index (χ4n) is 2.83. The fourth-order valence-corrected chi connectivity index (χ4v) is 2.83. The van der Waals surface area contributed by atoms with Crippen LogP contribution in [0.1, 0.15) is 32.6 Å². The first kappa shape index (κ1) is 12.3. The van der Waals surface area contributed by atoms with Crippen LogP contribution in [-0.2, 0) is 4.74 Å². The van der Waals surface area contributed by atoms with E-state index in [1.165, 1.54) is 32.2 Å². The average Bonchev–Trinajstić information content (AvgIpc) is 2.82. The topological polar surface area (TPSA) is 33.3 Å². The van der Waals surface area contributed by atoms with E-state index >= 15 is 0 Å². The third-order valence-corrected chi connectivity index (χ3v) is 4.03. The Balaban J connectivity index is 1.58. The quantitative estimate of drug-likeness (QED) is 0.743. The normalized spacial score (nSPS) is 35.4. The van der Waals surface area contributed by atoms with E-state index in [0.29, 0.717) is 6.04 Å². The largest absolute Gasteiger partial charge is 0.381 e. The van der Waals surface area contributed by atoms with Crippen molar-refractivity contribution >= 4 is 0 Å². The molecule has 0 aliphatic carbocycles. The van der Waals surface area contributed by atoms with E-state index in [1.54, 1.807) is 0 Å². The molecule has 0 aromatic carbocycles. The molecule has 16 heavy (non-hydrogen) atoms. The van der Waals surface area contributed by atoms with Crippen LogP contribution >= 0.6 is 0 Å². The van der Waals surface area contributed by atoms with Crippen molar-refractivity contribution in [1.29, 1.82) is 0 Å². The second-order valence-electron chi connectivity index (χ2n) is 5.34. The summed E-state index contributed by atoms with van der Waals surface area (Å²) in [5.74, 6) is 1.70. The number of ether oxygens (including phenoxy) is 1. The molecule has 0 saturated carbocycles. The third kappa shape index (κ3) is 3.72. The van der Waals surface area contributed by atoms with Crippen LogP contribution < -0.4 is 10.6 Å². The van der Waals surface area contributed by atoms with E-state index in [1.807, 2.05) is 0 Å². The van der Waals surface area contributed by atoms with E-state index in [0.717, 1.165) is 38.1 Å². The molecule has 3 nitrogen and oxygen atoms in total. The van der Waals surface area contributed by atoms with Gasteiger partial charge < -0.3 is 15.4 Å². The molecule has 0 aromatic rings. The minimum atomic E-state index is 0.695. The molecular weight excluding hydrogens is 200 g/mol. The maximum Gasteiger partial charge on any atom is 0.0507 e. The first-order chi connectivity index (χ1) is 7.88. The van der Waals surface area contributed by atoms with E-state index in [9.17, 15) is 0 Å². The van der Waals surface area contributed by atoms with Crippen LogP contribution in [0.4, 0.5) is 0 Å². The van der Waals surface area contributed by atoms with Gasteiger partial charge in [0.15, 0.2) is 0 Å². The maximum atomic E-state index is 5.38. The van der Waals surface area contributed by atoms with Crippen molar-refractivity contribution in [2.75, 3.05) is 32.8 Å². The van der Waals surface area contributed by atoms with Crippen LogP contribution in [0, 0.1) is 11.8 Å². The van der Waals surface area contributed by atoms with Gasteiger partial charge in [-0.2, -0.15) is 0 Å². The lowest BCUT2D eigenvalue weighted by molar-refractivity contribution is 0.184. The van der Waals surface area contributed by atoms with Gasteiger partial charge >= 0.3 is 0 Å². The van der Waals surface area contributed by atoms with Gasteiger partial charge in [0.1, 0.15) is 0 Å². The predicted molar refractivity (Wildman–Crippen MR) is 66.6 cm³/mol. The van der Waals surface area contributed by atoms with Crippen LogP contribution in [0.25, 0.3) is 0 Å². The monoisotopic (exact) mass is 226 g/mol. The predicted octanol–water partition coefficient (Wildman–Crippen LogP) is 1.39. The Morgan fingerprint density at radius 3 is 2.94 bits per heavy atom. The molecule has 2 saturated heterocycles. The standard InChI is InChI=1S/C13H26N2O/c1-2-11-3-5-15-13(7-11)9-14-8-12-4-6-16-10-12/h11-15H,2-10H2,1H3. The van der Waals surface area contributed by atoms with Gasteiger partial charge in [-0.15, -0.1) is 0 Å². The molecule has 0 radical (unpaired) electrons. The molecule has 2 fully saturated rings. The van der Waals surface area contributed by atoms with E-state index < -0.39 is 0 Å². The van der Waals surface area contributed by atoms with Gasteiger partial charge in [-0.3, -0.25) is 0 Å². The Bertz CT molecular complexity index is 192. The lowest BCUT2D eigenvalue weighted by Gasteiger charge is -2.30. The van der Waals surface area contributed by atoms with E-state index in [4.69, 9.17) is 4.74 Å². The lowest BCUT2D eigenvalue weighted by atomic mass is 9.90. The van der Waals surface area contributed by atoms with Gasteiger partial charge in [0.25, 0.3) is 0 Å². The highest BCUT2D eigenvalue weighted by molar-refractivity contribution is 4.80. The van der Waals surface area contributed by atoms with Gasteiger partial charge in [0.2, 0.25) is 0 Å². The van der Waals surface area contributed by atoms with E-state index in [-0.39, 0.29) is 0 Å². The lowest BCUT2D eigenvalue weighted by Crippen LogP contribution is -2.45. The Morgan fingerprint density at radius 2 is 2.19 bits per heavy atom. The summed E-state index contributed by atoms with van der Waals surface area (Å²) in [6.07, 6.45) is 5.30. The molecular formula is C13H26N2O. The van der Waals surface area contributed by atoms with Gasteiger partial charge in [-0.1, -0.05) is 13.3 Å². The highest BCUT2D eigenvalue weighted by atomic mass is 16.5. The number of piperidine rings is 1. The Kier molecular flexibility index (Phi) is 5.07. The molecule has 3 heteroatoms. The summed E-state index contributed by atoms with van der Waals surface area (Å²) >= 11 is 0. The van der Waals surface area contributed by atoms with Gasteiger partial charge in [0, 0.05) is 25.7 Å². The summed E-state index contributed by atoms with van der Waals surface area (Å²) in [7, 11) is 0. The molecule has 0 bridgehead atoms. The molecule has 94 valence electrons. The van der Waals surface area contributed by atoms with Crippen LogP contribution in [0.2, 0.25) is 0 Å². The molecule has 2 heterocycles. The highest BCUT2D eigenvalue weighted by Gasteiger charge is 2.20. The molecule has 0 aromatic heterocycles. The minimum Gasteiger partial charge on any atom is -0.381 e. The molecule has 0 spiro atoms. The Morgan fingerprint density at radius 1 is 1.25 bits per heavy atom. The van der Waals surface area contributed by atoms with Gasteiger partial charge in [-0.05, 0) is 37.6 Å². The summed E-state index contributed by atoms with van der Waals surface area (Å²) in [5, 5.41) is 7.21. The van der Waals surface area contributed by atoms with Crippen LogP contribution in [0.3, 0.4) is 0 Å². The number of hydrogen-bond donors (Lipinski definition) is 2. The first-order valence-electron chi connectivity index (χ1n) is 6.90. The zero-order valence-electron chi connectivity index (χ0n) is 10.5. The van der Waals surface area contributed by atoms with Crippen molar-refractivity contribution in [3.8, 4) is 0 Å². The van der Waals surface area contributed by atoms with Crippen molar-refractivity contribution in [1.82, 2.24) is 10.6 Å². The smallest absolute Gasteiger partial charge is 0.0507 e. The first-order valence-corrected chi connectivity index (χ1v) is 6.90. The molecule has 2 aliphatic heterocycles. The zero-order valence-corrected chi connectivity index (χ0v) is 10.5. The maximum absolute atomic E-state index is 5.38. The number of hydrogen-bond acceptors (Lipinski definition) is 3. The minimum absolute atomic E-state index is 0.695. The SMILES string of the molecule is CCC1CCNC(CNCC2CCOC2)C1. The van der Waals surface area contributed by atoms with Crippen molar-refractivity contribution in [3.63, 3.8) is 0 Å². The zero-order chi connectivity index (χ0) is 11.2. The van der Waals surface area contributed by atoms with Crippen molar-refractivity contribution in [2.24, 2.45) is 11.8 Å². The summed E-state index contributed by atoms with van der Waals surface area (Å²) in [6, 6.07) is 0.695. The third-order valence-electron chi connectivity index (χ3n) is 4.03. The average molecular weight is 226 g/mol. The van der Waals surface area contributed by atoms with Crippen molar-refractivity contribution < 1.29 is 4.74 Å². The molecule has 3 unspecified atom stereocenters. The second-order valence-corrected chi connectivity index (χ2v) is 5.34. The summed E-state index contributed by atoms with van der Waals surface area (Å²) in [4.78, 5) is 0. The van der Waals surface area contributed by atoms with Crippen molar-refractivity contribution in [3.05, 3.63) is 0 Å². The number of nitrogens with one attached hydrogen (secondary N) is 2. The number of rotatable bonds is 5. The fraction of sp³-hybridized carbons (Fsp3) is 1.00. The summed E-state index contributed by atoms with van der Waals surface area (Å²) in [6.45, 7) is 7.71. The Hall–Kier alpha value is -0.120. The van der Waals surface area contributed by atoms with Gasteiger partial charge in [0.05, 0.1) is 6.61 Å². The summed E-state index contributed by atoms with van der Waals surface area (Å²) in [5.41, 5.74) is 0. The van der Waals surface area contributed by atoms with Gasteiger partial charge in [-0.25, -0.2) is 0 Å². The van der Waals surface area contributed by atoms with E-state index in [2.05, 4.69) is 17.6 Å². The Labute approximate surface area is 99.3 Å². The van der Waals surface area contributed by atoms with Crippen LogP contribution in [0.5, 0.6) is 0 Å². The molecule has 2 aliphatic rings. The highest BCUT2D eigenvalue weighted by Crippen LogP contribution is 2.19. The molecule has 0 amide bonds. The second kappa shape index (κ2) is 6.58.